The number of hydrogen-bond donors (Lipinski definition) is 1. The summed E-state index contributed by atoms with van der Waals surface area (Å²) in [6.45, 7) is 11.6. The molecule has 1 aliphatic carbocycles. The van der Waals surface area contributed by atoms with Crippen LogP contribution in [0.4, 0.5) is 0 Å². The van der Waals surface area contributed by atoms with Crippen LogP contribution < -0.4 is 5.32 Å². The first-order valence-corrected chi connectivity index (χ1v) is 5.12. The van der Waals surface area contributed by atoms with Crippen LogP contribution in [0.25, 0.3) is 0 Å². The minimum Gasteiger partial charge on any atom is -0.316 e. The second-order valence-electron chi connectivity index (χ2n) is 5.83. The Morgan fingerprint density at radius 2 is 1.77 bits per heavy atom. The van der Waals surface area contributed by atoms with Crippen LogP contribution in [0.3, 0.4) is 0 Å². The topological polar surface area (TPSA) is 12.0 Å². The molecule has 0 aromatic carbocycles. The van der Waals surface area contributed by atoms with E-state index in [4.69, 9.17) is 0 Å². The molecule has 0 heterocycles. The monoisotopic (exact) mass is 205 g/mol. The van der Waals surface area contributed by atoms with Crippen LogP contribution in [0.1, 0.15) is 47.0 Å². The van der Waals surface area contributed by atoms with Crippen molar-refractivity contribution in [3.05, 3.63) is 0 Å². The Kier molecular flexibility index (Phi) is 4.74. The van der Waals surface area contributed by atoms with Crippen LogP contribution in [0.15, 0.2) is 0 Å². The van der Waals surface area contributed by atoms with E-state index in [0.717, 1.165) is 6.54 Å². The van der Waals surface area contributed by atoms with Gasteiger partial charge < -0.3 is 5.32 Å². The van der Waals surface area contributed by atoms with Gasteiger partial charge in [0.25, 0.3) is 0 Å². The summed E-state index contributed by atoms with van der Waals surface area (Å²) in [5.41, 5.74) is 1.06. The van der Waals surface area contributed by atoms with Gasteiger partial charge in [-0.15, -0.1) is 12.4 Å². The van der Waals surface area contributed by atoms with Crippen LogP contribution in [-0.2, 0) is 0 Å². The quantitative estimate of drug-likeness (QED) is 0.746. The van der Waals surface area contributed by atoms with Crippen molar-refractivity contribution in [2.45, 2.75) is 47.0 Å². The highest BCUT2D eigenvalue weighted by Gasteiger charge is 2.31. The van der Waals surface area contributed by atoms with Crippen molar-refractivity contribution in [1.29, 1.82) is 0 Å². The molecule has 0 atom stereocenters. The summed E-state index contributed by atoms with van der Waals surface area (Å²) in [4.78, 5) is 0. The summed E-state index contributed by atoms with van der Waals surface area (Å²) in [6, 6.07) is 0. The third-order valence-electron chi connectivity index (χ3n) is 2.77. The molecule has 0 aliphatic heterocycles. The molecule has 1 N–H and O–H groups in total. The summed E-state index contributed by atoms with van der Waals surface area (Å²) in [5, 5.41) is 3.57. The van der Waals surface area contributed by atoms with E-state index >= 15 is 0 Å². The Labute approximate surface area is 89.1 Å². The van der Waals surface area contributed by atoms with E-state index in [1.165, 1.54) is 25.8 Å². The van der Waals surface area contributed by atoms with Gasteiger partial charge >= 0.3 is 0 Å². The van der Waals surface area contributed by atoms with Gasteiger partial charge in [0.05, 0.1) is 0 Å². The lowest BCUT2D eigenvalue weighted by Crippen LogP contribution is -2.40. The number of rotatable bonds is 3. The first kappa shape index (κ1) is 13.2. The molecular weight excluding hydrogens is 182 g/mol. The highest BCUT2D eigenvalue weighted by Crippen LogP contribution is 2.39. The third kappa shape index (κ3) is 4.87. The fourth-order valence-electron chi connectivity index (χ4n) is 1.70. The molecule has 1 saturated carbocycles. The van der Waals surface area contributed by atoms with Crippen molar-refractivity contribution in [2.24, 2.45) is 10.8 Å². The minimum atomic E-state index is 0. The molecule has 1 nitrogen and oxygen atoms in total. The van der Waals surface area contributed by atoms with Crippen molar-refractivity contribution in [3.63, 3.8) is 0 Å². The van der Waals surface area contributed by atoms with E-state index in [1.807, 2.05) is 0 Å². The SMILES string of the molecule is CC(C)(C)CNCC1(C)CCC1.Cl. The highest BCUT2D eigenvalue weighted by molar-refractivity contribution is 5.85. The smallest absolute Gasteiger partial charge is 0.000539 e. The van der Waals surface area contributed by atoms with Gasteiger partial charge in [0, 0.05) is 13.1 Å². The molecule has 1 fully saturated rings. The Balaban J connectivity index is 0.00000144. The first-order valence-electron chi connectivity index (χ1n) is 5.12. The number of nitrogens with one attached hydrogen (secondary N) is 1. The number of halogens is 1. The van der Waals surface area contributed by atoms with Crippen molar-refractivity contribution < 1.29 is 0 Å². The molecule has 0 radical (unpaired) electrons. The summed E-state index contributed by atoms with van der Waals surface area (Å²) < 4.78 is 0. The first-order chi connectivity index (χ1) is 5.41. The van der Waals surface area contributed by atoms with E-state index in [1.54, 1.807) is 0 Å². The van der Waals surface area contributed by atoms with Gasteiger partial charge in [-0.25, -0.2) is 0 Å². The maximum atomic E-state index is 3.57. The fraction of sp³-hybridized carbons (Fsp3) is 1.00. The largest absolute Gasteiger partial charge is 0.316 e. The normalized spacial score (nSPS) is 20.3. The van der Waals surface area contributed by atoms with Gasteiger partial charge in [0.1, 0.15) is 0 Å². The van der Waals surface area contributed by atoms with Crippen LogP contribution in [0.5, 0.6) is 0 Å². The molecule has 2 heteroatoms. The lowest BCUT2D eigenvalue weighted by molar-refractivity contribution is 0.151. The molecule has 0 bridgehead atoms. The molecule has 0 amide bonds. The molecule has 1 rings (SSSR count). The minimum absolute atomic E-state index is 0. The molecule has 0 spiro atoms. The zero-order valence-corrected chi connectivity index (χ0v) is 10.3. The molecule has 80 valence electrons. The van der Waals surface area contributed by atoms with E-state index in [9.17, 15) is 0 Å². The van der Waals surface area contributed by atoms with Gasteiger partial charge in [-0.05, 0) is 23.7 Å². The summed E-state index contributed by atoms with van der Waals surface area (Å²) in [5.74, 6) is 0. The Hall–Kier alpha value is 0.250. The Morgan fingerprint density at radius 1 is 1.23 bits per heavy atom. The second-order valence-corrected chi connectivity index (χ2v) is 5.83. The average molecular weight is 206 g/mol. The lowest BCUT2D eigenvalue weighted by Gasteiger charge is -2.39. The van der Waals surface area contributed by atoms with Crippen molar-refractivity contribution in [3.8, 4) is 0 Å². The van der Waals surface area contributed by atoms with Gasteiger partial charge in [-0.3, -0.25) is 0 Å². The van der Waals surface area contributed by atoms with Crippen LogP contribution >= 0.6 is 12.4 Å². The third-order valence-corrected chi connectivity index (χ3v) is 2.77. The van der Waals surface area contributed by atoms with Crippen LogP contribution in [0, 0.1) is 10.8 Å². The van der Waals surface area contributed by atoms with Gasteiger partial charge in [-0.2, -0.15) is 0 Å². The second kappa shape index (κ2) is 4.65. The van der Waals surface area contributed by atoms with Crippen molar-refractivity contribution in [1.82, 2.24) is 5.32 Å². The molecule has 1 aliphatic rings. The summed E-state index contributed by atoms with van der Waals surface area (Å²) >= 11 is 0. The van der Waals surface area contributed by atoms with Crippen molar-refractivity contribution in [2.75, 3.05) is 13.1 Å². The van der Waals surface area contributed by atoms with Crippen LogP contribution in [-0.4, -0.2) is 13.1 Å². The zero-order valence-electron chi connectivity index (χ0n) is 9.44. The van der Waals surface area contributed by atoms with Crippen LogP contribution in [0.2, 0.25) is 0 Å². The van der Waals surface area contributed by atoms with E-state index < -0.39 is 0 Å². The number of hydrogen-bond acceptors (Lipinski definition) is 1. The Morgan fingerprint density at radius 3 is 2.08 bits per heavy atom. The standard InChI is InChI=1S/C11H23N.ClH/c1-10(2,3)8-12-9-11(4)6-5-7-11;/h12H,5-9H2,1-4H3;1H. The van der Waals surface area contributed by atoms with Gasteiger partial charge in [-0.1, -0.05) is 34.1 Å². The summed E-state index contributed by atoms with van der Waals surface area (Å²) in [7, 11) is 0. The average Bonchev–Trinajstić information content (AvgIpc) is 1.81. The van der Waals surface area contributed by atoms with E-state index in [2.05, 4.69) is 33.0 Å². The predicted molar refractivity (Wildman–Crippen MR) is 61.5 cm³/mol. The molecule has 0 aromatic rings. The Bertz CT molecular complexity index is 145. The van der Waals surface area contributed by atoms with Gasteiger partial charge in [0.2, 0.25) is 0 Å². The molecular formula is C11H24ClN. The lowest BCUT2D eigenvalue weighted by atomic mass is 9.70. The van der Waals surface area contributed by atoms with E-state index in [-0.39, 0.29) is 12.4 Å². The molecule has 0 unspecified atom stereocenters. The van der Waals surface area contributed by atoms with E-state index in [0.29, 0.717) is 10.8 Å². The maximum Gasteiger partial charge on any atom is 0.000539 e. The molecule has 13 heavy (non-hydrogen) atoms. The highest BCUT2D eigenvalue weighted by atomic mass is 35.5. The predicted octanol–water partition coefficient (Wildman–Crippen LogP) is 3.23. The maximum absolute atomic E-state index is 3.57. The summed E-state index contributed by atoms with van der Waals surface area (Å²) in [6.07, 6.45) is 4.28. The fourth-order valence-corrected chi connectivity index (χ4v) is 1.70. The van der Waals surface area contributed by atoms with Gasteiger partial charge in [0.15, 0.2) is 0 Å². The van der Waals surface area contributed by atoms with Crippen molar-refractivity contribution >= 4 is 12.4 Å². The zero-order chi connectivity index (χ0) is 9.24. The molecule has 0 aromatic heterocycles. The molecule has 0 saturated heterocycles.